The van der Waals surface area contributed by atoms with E-state index in [-0.39, 0.29) is 18.1 Å². The standard InChI is InChI=1S/C21H27N7O3/c1-2-17(29)23-7-8-30-14-6-5-13(9-14)28-21-18(20(22)24-11-25-21)19(26-28)15-10-16(31-27-15)12-3-4-12/h10-14H,2-9H2,1H3,(H,23,29)(H2,22,24,25)/t13-,14+/m0/s1. The smallest absolute Gasteiger partial charge is 0.219 e. The molecule has 10 nitrogen and oxygen atoms in total. The van der Waals surface area contributed by atoms with Crippen molar-refractivity contribution >= 4 is 22.8 Å². The molecule has 0 aromatic carbocycles. The Balaban J connectivity index is 1.34. The lowest BCUT2D eigenvalue weighted by molar-refractivity contribution is -0.121. The first-order valence-electron chi connectivity index (χ1n) is 11.0. The zero-order valence-corrected chi connectivity index (χ0v) is 17.6. The number of nitrogen functional groups attached to an aromatic ring is 1. The first-order chi connectivity index (χ1) is 15.1. The molecular weight excluding hydrogens is 398 g/mol. The fraction of sp³-hybridized carbons (Fsp3) is 0.571. The highest BCUT2D eigenvalue weighted by molar-refractivity contribution is 5.97. The van der Waals surface area contributed by atoms with Crippen molar-refractivity contribution < 1.29 is 14.1 Å². The number of carbonyl (C=O) groups excluding carboxylic acids is 1. The monoisotopic (exact) mass is 425 g/mol. The number of nitrogens with two attached hydrogens (primary N) is 1. The van der Waals surface area contributed by atoms with Crippen molar-refractivity contribution in [3.8, 4) is 11.4 Å². The summed E-state index contributed by atoms with van der Waals surface area (Å²) in [6.45, 7) is 2.87. The van der Waals surface area contributed by atoms with E-state index in [1.54, 1.807) is 0 Å². The summed E-state index contributed by atoms with van der Waals surface area (Å²) in [6.07, 6.45) is 7.04. The van der Waals surface area contributed by atoms with Crippen molar-refractivity contribution in [2.45, 2.75) is 63.5 Å². The number of carbonyl (C=O) groups is 1. The maximum atomic E-state index is 11.3. The van der Waals surface area contributed by atoms with Crippen LogP contribution in [0, 0.1) is 0 Å². The van der Waals surface area contributed by atoms with E-state index in [1.165, 1.54) is 6.33 Å². The average Bonchev–Trinajstić information content (AvgIpc) is 3.17. The van der Waals surface area contributed by atoms with Gasteiger partial charge in [-0.05, 0) is 32.1 Å². The Labute approximate surface area is 179 Å². The molecule has 0 radical (unpaired) electrons. The number of nitrogens with one attached hydrogen (secondary N) is 1. The molecule has 3 aromatic heterocycles. The van der Waals surface area contributed by atoms with Crippen LogP contribution in [-0.4, -0.2) is 50.1 Å². The molecular formula is C21H27N7O3. The molecule has 2 saturated carbocycles. The topological polar surface area (TPSA) is 134 Å². The van der Waals surface area contributed by atoms with Crippen LogP contribution in [-0.2, 0) is 9.53 Å². The number of rotatable bonds is 8. The molecule has 0 saturated heterocycles. The van der Waals surface area contributed by atoms with E-state index in [0.717, 1.165) is 37.9 Å². The van der Waals surface area contributed by atoms with Crippen LogP contribution in [0.1, 0.15) is 63.2 Å². The molecule has 0 bridgehead atoms. The van der Waals surface area contributed by atoms with Gasteiger partial charge in [0, 0.05) is 24.9 Å². The number of anilines is 1. The lowest BCUT2D eigenvalue weighted by Crippen LogP contribution is -2.27. The molecule has 2 atom stereocenters. The van der Waals surface area contributed by atoms with E-state index < -0.39 is 0 Å². The van der Waals surface area contributed by atoms with E-state index >= 15 is 0 Å². The van der Waals surface area contributed by atoms with Crippen LogP contribution < -0.4 is 11.1 Å². The molecule has 3 aromatic rings. The Morgan fingerprint density at radius 3 is 3.00 bits per heavy atom. The molecule has 10 heteroatoms. The van der Waals surface area contributed by atoms with Gasteiger partial charge in [-0.2, -0.15) is 5.10 Å². The molecule has 3 heterocycles. The Morgan fingerprint density at radius 2 is 2.19 bits per heavy atom. The predicted molar refractivity (Wildman–Crippen MR) is 113 cm³/mol. The fourth-order valence-corrected chi connectivity index (χ4v) is 4.22. The van der Waals surface area contributed by atoms with Crippen molar-refractivity contribution in [3.05, 3.63) is 18.2 Å². The maximum Gasteiger partial charge on any atom is 0.219 e. The van der Waals surface area contributed by atoms with Gasteiger partial charge in [-0.3, -0.25) is 4.79 Å². The van der Waals surface area contributed by atoms with Crippen molar-refractivity contribution in [2.24, 2.45) is 0 Å². The summed E-state index contributed by atoms with van der Waals surface area (Å²) in [5.41, 5.74) is 8.25. The van der Waals surface area contributed by atoms with E-state index in [2.05, 4.69) is 20.4 Å². The Kier molecular flexibility index (Phi) is 5.31. The van der Waals surface area contributed by atoms with Gasteiger partial charge in [-0.25, -0.2) is 14.6 Å². The molecule has 0 spiro atoms. The minimum Gasteiger partial charge on any atom is -0.383 e. The summed E-state index contributed by atoms with van der Waals surface area (Å²) >= 11 is 0. The van der Waals surface area contributed by atoms with Gasteiger partial charge in [-0.1, -0.05) is 12.1 Å². The first kappa shape index (κ1) is 19.9. The molecule has 0 unspecified atom stereocenters. The molecule has 1 amide bonds. The molecule has 0 aliphatic heterocycles. The summed E-state index contributed by atoms with van der Waals surface area (Å²) in [7, 11) is 0. The lowest BCUT2D eigenvalue weighted by Gasteiger charge is -2.14. The van der Waals surface area contributed by atoms with Gasteiger partial charge in [-0.15, -0.1) is 0 Å². The number of nitrogens with zero attached hydrogens (tertiary/aromatic N) is 5. The van der Waals surface area contributed by atoms with Crippen LogP contribution in [0.5, 0.6) is 0 Å². The first-order valence-corrected chi connectivity index (χ1v) is 11.0. The van der Waals surface area contributed by atoms with Crippen LogP contribution in [0.3, 0.4) is 0 Å². The van der Waals surface area contributed by atoms with E-state index in [4.69, 9.17) is 20.1 Å². The van der Waals surface area contributed by atoms with Crippen molar-refractivity contribution in [1.29, 1.82) is 0 Å². The van der Waals surface area contributed by atoms with E-state index in [0.29, 0.717) is 53.7 Å². The van der Waals surface area contributed by atoms with Gasteiger partial charge < -0.3 is 20.3 Å². The zero-order valence-electron chi connectivity index (χ0n) is 17.6. The second-order valence-electron chi connectivity index (χ2n) is 8.30. The summed E-state index contributed by atoms with van der Waals surface area (Å²) in [4.78, 5) is 20.0. The average molecular weight is 425 g/mol. The lowest BCUT2D eigenvalue weighted by atomic mass is 10.2. The Hall–Kier alpha value is -3.01. The molecule has 5 rings (SSSR count). The molecule has 2 fully saturated rings. The summed E-state index contributed by atoms with van der Waals surface area (Å²) in [5.74, 6) is 1.80. The van der Waals surface area contributed by atoms with Crippen LogP contribution in [0.25, 0.3) is 22.4 Å². The second kappa shape index (κ2) is 8.26. The summed E-state index contributed by atoms with van der Waals surface area (Å²) in [5, 5.41) is 12.7. The minimum absolute atomic E-state index is 0.0402. The Bertz CT molecular complexity index is 1090. The summed E-state index contributed by atoms with van der Waals surface area (Å²) in [6, 6.07) is 2.11. The van der Waals surface area contributed by atoms with Crippen molar-refractivity contribution in [3.63, 3.8) is 0 Å². The summed E-state index contributed by atoms with van der Waals surface area (Å²) < 4.78 is 13.4. The molecule has 2 aliphatic rings. The number of fused-ring (bicyclic) bond motifs is 1. The SMILES string of the molecule is CCC(=O)NCCO[C@@H]1CC[C@H](n2nc(-c3cc(C4CC4)on3)c3c(N)ncnc32)C1. The highest BCUT2D eigenvalue weighted by atomic mass is 16.5. The third-order valence-electron chi connectivity index (χ3n) is 6.07. The normalized spacial score (nSPS) is 21.1. The van der Waals surface area contributed by atoms with Crippen LogP contribution in [0.4, 0.5) is 5.82 Å². The van der Waals surface area contributed by atoms with Crippen molar-refractivity contribution in [1.82, 2.24) is 30.2 Å². The fourth-order valence-electron chi connectivity index (χ4n) is 4.22. The maximum absolute atomic E-state index is 11.3. The quantitative estimate of drug-likeness (QED) is 0.526. The largest absolute Gasteiger partial charge is 0.383 e. The van der Waals surface area contributed by atoms with E-state index in [9.17, 15) is 4.79 Å². The van der Waals surface area contributed by atoms with E-state index in [1.807, 2.05) is 17.7 Å². The number of amides is 1. The second-order valence-corrected chi connectivity index (χ2v) is 8.30. The van der Waals surface area contributed by atoms with Gasteiger partial charge >= 0.3 is 0 Å². The Morgan fingerprint density at radius 1 is 1.32 bits per heavy atom. The van der Waals surface area contributed by atoms with Gasteiger partial charge in [0.1, 0.15) is 29.3 Å². The molecule has 2 aliphatic carbocycles. The number of ether oxygens (including phenoxy) is 1. The highest BCUT2D eigenvalue weighted by Crippen LogP contribution is 2.42. The predicted octanol–water partition coefficient (Wildman–Crippen LogP) is 2.58. The van der Waals surface area contributed by atoms with Gasteiger partial charge in [0.05, 0.1) is 24.1 Å². The van der Waals surface area contributed by atoms with Crippen molar-refractivity contribution in [2.75, 3.05) is 18.9 Å². The van der Waals surface area contributed by atoms with Gasteiger partial charge in [0.25, 0.3) is 0 Å². The van der Waals surface area contributed by atoms with Gasteiger partial charge in [0.2, 0.25) is 5.91 Å². The number of hydrogen-bond donors (Lipinski definition) is 2. The number of hydrogen-bond acceptors (Lipinski definition) is 8. The van der Waals surface area contributed by atoms with Gasteiger partial charge in [0.15, 0.2) is 5.65 Å². The third-order valence-corrected chi connectivity index (χ3v) is 6.07. The number of aromatic nitrogens is 5. The molecule has 3 N–H and O–H groups in total. The third kappa shape index (κ3) is 3.99. The minimum atomic E-state index is 0.0402. The molecule has 31 heavy (non-hydrogen) atoms. The molecule has 164 valence electrons. The van der Waals surface area contributed by atoms with Crippen LogP contribution >= 0.6 is 0 Å². The zero-order chi connectivity index (χ0) is 21.4. The van der Waals surface area contributed by atoms with Crippen LogP contribution in [0.15, 0.2) is 16.9 Å². The highest BCUT2D eigenvalue weighted by Gasteiger charge is 2.32. The van der Waals surface area contributed by atoms with Crippen LogP contribution in [0.2, 0.25) is 0 Å².